The summed E-state index contributed by atoms with van der Waals surface area (Å²) in [6.45, 7) is 1.82. The fraction of sp³-hybridized carbons (Fsp3) is 0.214. The lowest BCUT2D eigenvalue weighted by molar-refractivity contribution is -0.139. The maximum Gasteiger partial charge on any atom is 0.335 e. The van der Waals surface area contributed by atoms with Gasteiger partial charge in [-0.1, -0.05) is 49.4 Å². The van der Waals surface area contributed by atoms with Gasteiger partial charge in [-0.2, -0.15) is 10.4 Å². The molecule has 8 nitrogen and oxygen atoms in total. The van der Waals surface area contributed by atoms with E-state index in [0.29, 0.717) is 22.6 Å². The topological polar surface area (TPSA) is 95.2 Å². The van der Waals surface area contributed by atoms with Crippen LogP contribution in [-0.4, -0.2) is 42.4 Å². The lowest BCUT2D eigenvalue weighted by atomic mass is 9.91. The van der Waals surface area contributed by atoms with E-state index in [0.717, 1.165) is 11.3 Å². The van der Waals surface area contributed by atoms with Crippen LogP contribution in [-0.2, 0) is 14.3 Å². The quantitative estimate of drug-likeness (QED) is 0.515. The van der Waals surface area contributed by atoms with E-state index >= 15 is 0 Å². The molecule has 3 unspecified atom stereocenters. The van der Waals surface area contributed by atoms with Crippen molar-refractivity contribution in [1.29, 1.82) is 5.26 Å². The smallest absolute Gasteiger partial charge is 0.335 e. The predicted molar refractivity (Wildman–Crippen MR) is 133 cm³/mol. The Morgan fingerprint density at radius 2 is 1.75 bits per heavy atom. The second-order valence-corrected chi connectivity index (χ2v) is 8.66. The fourth-order valence-electron chi connectivity index (χ4n) is 4.66. The van der Waals surface area contributed by atoms with Crippen molar-refractivity contribution in [2.45, 2.75) is 19.0 Å². The average Bonchev–Trinajstić information content (AvgIpc) is 3.48. The normalized spacial score (nSPS) is 21.1. The van der Waals surface area contributed by atoms with Crippen molar-refractivity contribution in [3.05, 3.63) is 95.6 Å². The number of carbonyl (C=O) groups excluding carboxylic acids is 2. The Bertz CT molecular complexity index is 1350. The lowest BCUT2D eigenvalue weighted by Crippen LogP contribution is -2.48. The van der Waals surface area contributed by atoms with E-state index in [4.69, 9.17) is 19.8 Å². The molecule has 8 heteroatoms. The number of cyclic esters (lactones) is 1. The summed E-state index contributed by atoms with van der Waals surface area (Å²) in [5, 5.41) is 15.7. The highest BCUT2D eigenvalue weighted by molar-refractivity contribution is 6.09. The lowest BCUT2D eigenvalue weighted by Gasteiger charge is -2.30. The molecule has 2 aliphatic heterocycles. The first-order chi connectivity index (χ1) is 17.5. The molecule has 1 fully saturated rings. The first kappa shape index (κ1) is 23.1. The average molecular weight is 481 g/mol. The van der Waals surface area contributed by atoms with Gasteiger partial charge in [-0.3, -0.25) is 14.7 Å². The Kier molecular flexibility index (Phi) is 6.13. The third kappa shape index (κ3) is 4.05. The van der Waals surface area contributed by atoms with E-state index in [1.54, 1.807) is 24.3 Å². The zero-order valence-electron chi connectivity index (χ0n) is 19.9. The fourth-order valence-corrected chi connectivity index (χ4v) is 4.66. The summed E-state index contributed by atoms with van der Waals surface area (Å²) in [5.41, 5.74) is 3.50. The van der Waals surface area contributed by atoms with E-state index in [1.165, 1.54) is 4.90 Å². The molecular weight excluding hydrogens is 456 g/mol. The van der Waals surface area contributed by atoms with Crippen LogP contribution in [0.2, 0.25) is 0 Å². The molecule has 0 aromatic heterocycles. The van der Waals surface area contributed by atoms with Crippen molar-refractivity contribution in [3.8, 4) is 11.8 Å². The van der Waals surface area contributed by atoms with Crippen LogP contribution in [0.5, 0.6) is 5.75 Å². The van der Waals surface area contributed by atoms with E-state index in [2.05, 4.69) is 6.07 Å². The van der Waals surface area contributed by atoms with Gasteiger partial charge in [0.05, 0.1) is 30.1 Å². The van der Waals surface area contributed by atoms with Gasteiger partial charge in [0.15, 0.2) is 12.8 Å². The number of hydrazone groups is 1. The third-order valence-electron chi connectivity index (χ3n) is 6.56. The number of anilines is 1. The highest BCUT2D eigenvalue weighted by Crippen LogP contribution is 2.36. The summed E-state index contributed by atoms with van der Waals surface area (Å²) in [5.74, 6) is -0.331. The first-order valence-electron chi connectivity index (χ1n) is 11.6. The molecule has 1 amide bonds. The van der Waals surface area contributed by atoms with E-state index in [-0.39, 0.29) is 18.6 Å². The molecule has 0 aliphatic carbocycles. The van der Waals surface area contributed by atoms with Crippen LogP contribution in [0.4, 0.5) is 5.69 Å². The van der Waals surface area contributed by atoms with Crippen molar-refractivity contribution >= 4 is 23.3 Å². The highest BCUT2D eigenvalue weighted by Gasteiger charge is 2.48. The van der Waals surface area contributed by atoms with Gasteiger partial charge in [0.2, 0.25) is 0 Å². The van der Waals surface area contributed by atoms with Crippen molar-refractivity contribution < 1.29 is 19.1 Å². The Morgan fingerprint density at radius 3 is 2.39 bits per heavy atom. The van der Waals surface area contributed by atoms with Crippen molar-refractivity contribution in [3.63, 3.8) is 0 Å². The standard InChI is InChI=1S/C28H24N4O4/c1-18-24(20-10-8-19(16-29)9-11-20)30-32(22-12-14-23(35-2)15-13-22)25(18)27(33)31-17-36-28(34)26(31)21-6-4-3-5-7-21/h3-15,18,25-26H,17H2,1-2H3. The number of benzene rings is 3. The van der Waals surface area contributed by atoms with Gasteiger partial charge >= 0.3 is 5.97 Å². The number of hydrogen-bond donors (Lipinski definition) is 0. The van der Waals surface area contributed by atoms with Crippen LogP contribution in [0.3, 0.4) is 0 Å². The minimum absolute atomic E-state index is 0.122. The molecule has 3 aromatic rings. The number of esters is 1. The monoisotopic (exact) mass is 480 g/mol. The zero-order chi connectivity index (χ0) is 25.2. The second-order valence-electron chi connectivity index (χ2n) is 8.66. The van der Waals surface area contributed by atoms with E-state index < -0.39 is 18.1 Å². The minimum atomic E-state index is -0.817. The number of hydrogen-bond acceptors (Lipinski definition) is 7. The van der Waals surface area contributed by atoms with Gasteiger partial charge in [0.1, 0.15) is 11.8 Å². The number of methoxy groups -OCH3 is 1. The molecule has 0 N–H and O–H groups in total. The van der Waals surface area contributed by atoms with Gasteiger partial charge in [-0.25, -0.2) is 4.79 Å². The minimum Gasteiger partial charge on any atom is -0.497 e. The molecule has 180 valence electrons. The molecule has 2 aliphatic rings. The number of nitrogens with zero attached hydrogens (tertiary/aromatic N) is 4. The number of nitriles is 1. The summed E-state index contributed by atoms with van der Waals surface area (Å²) in [4.78, 5) is 28.2. The molecule has 3 atom stereocenters. The summed E-state index contributed by atoms with van der Waals surface area (Å²) in [7, 11) is 1.59. The second kappa shape index (κ2) is 9.55. The van der Waals surface area contributed by atoms with Crippen LogP contribution in [0.25, 0.3) is 0 Å². The maximum atomic E-state index is 14.1. The van der Waals surface area contributed by atoms with Crippen LogP contribution in [0, 0.1) is 17.2 Å². The molecular formula is C28H24N4O4. The summed E-state index contributed by atoms with van der Waals surface area (Å²) >= 11 is 0. The Labute approximate surface area is 209 Å². The molecule has 36 heavy (non-hydrogen) atoms. The molecule has 0 spiro atoms. The molecule has 3 aromatic carbocycles. The predicted octanol–water partition coefficient (Wildman–Crippen LogP) is 3.88. The van der Waals surface area contributed by atoms with Gasteiger partial charge in [-0.05, 0) is 47.5 Å². The summed E-state index contributed by atoms with van der Waals surface area (Å²) in [6.07, 6.45) is 0. The van der Waals surface area contributed by atoms with Crippen LogP contribution < -0.4 is 9.75 Å². The summed E-state index contributed by atoms with van der Waals surface area (Å²) in [6, 6.07) is 24.2. The third-order valence-corrected chi connectivity index (χ3v) is 6.56. The number of ether oxygens (including phenoxy) is 2. The Hall–Kier alpha value is -4.64. The van der Waals surface area contributed by atoms with Crippen LogP contribution in [0.15, 0.2) is 84.0 Å². The van der Waals surface area contributed by atoms with E-state index in [1.807, 2.05) is 73.7 Å². The number of rotatable bonds is 5. The van der Waals surface area contributed by atoms with Gasteiger partial charge < -0.3 is 9.47 Å². The largest absolute Gasteiger partial charge is 0.497 e. The van der Waals surface area contributed by atoms with E-state index in [9.17, 15) is 9.59 Å². The van der Waals surface area contributed by atoms with Gasteiger partial charge in [0, 0.05) is 5.92 Å². The van der Waals surface area contributed by atoms with Gasteiger partial charge in [0.25, 0.3) is 5.91 Å². The first-order valence-corrected chi connectivity index (χ1v) is 11.6. The van der Waals surface area contributed by atoms with Crippen molar-refractivity contribution in [1.82, 2.24) is 4.90 Å². The zero-order valence-corrected chi connectivity index (χ0v) is 19.9. The SMILES string of the molecule is COc1ccc(N2N=C(c3ccc(C#N)cc3)C(C)C2C(=O)N2COC(=O)C2c2ccccc2)cc1. The van der Waals surface area contributed by atoms with Crippen molar-refractivity contribution in [2.24, 2.45) is 11.0 Å². The molecule has 0 saturated carbocycles. The number of amides is 1. The molecule has 1 saturated heterocycles. The summed E-state index contributed by atoms with van der Waals surface area (Å²) < 4.78 is 10.6. The molecule has 5 rings (SSSR count). The number of carbonyl (C=O) groups is 2. The maximum absolute atomic E-state index is 14.1. The Morgan fingerprint density at radius 1 is 1.06 bits per heavy atom. The van der Waals surface area contributed by atoms with Gasteiger partial charge in [-0.15, -0.1) is 0 Å². The highest BCUT2D eigenvalue weighted by atomic mass is 16.6. The van der Waals surface area contributed by atoms with Crippen LogP contribution >= 0.6 is 0 Å². The molecule has 0 radical (unpaired) electrons. The molecule has 0 bridgehead atoms. The van der Waals surface area contributed by atoms with Crippen molar-refractivity contribution in [2.75, 3.05) is 18.8 Å². The Balaban J connectivity index is 1.53. The van der Waals surface area contributed by atoms with Crippen LogP contribution in [0.1, 0.15) is 29.7 Å². The molecule has 2 heterocycles.